The number of halogens is 1. The third-order valence-electron chi connectivity index (χ3n) is 2.79. The first kappa shape index (κ1) is 15.2. The highest BCUT2D eigenvalue weighted by molar-refractivity contribution is 6.34. The molecule has 18 heavy (non-hydrogen) atoms. The zero-order valence-corrected chi connectivity index (χ0v) is 11.5. The van der Waals surface area contributed by atoms with E-state index in [1.54, 1.807) is 12.1 Å². The number of hydrogen-bond donors (Lipinski definition) is 1. The summed E-state index contributed by atoms with van der Waals surface area (Å²) >= 11 is 6.00. The molecule has 0 unspecified atom stereocenters. The minimum absolute atomic E-state index is 0.00477. The Kier molecular flexibility index (Phi) is 6.94. The molecular formula is C14H20ClNO2. The summed E-state index contributed by atoms with van der Waals surface area (Å²) in [6.45, 7) is 3.83. The predicted octanol–water partition coefficient (Wildman–Crippen LogP) is 2.62. The van der Waals surface area contributed by atoms with Crippen molar-refractivity contribution in [1.82, 2.24) is 4.90 Å². The number of ketones is 1. The third kappa shape index (κ3) is 4.77. The van der Waals surface area contributed by atoms with E-state index in [1.807, 2.05) is 17.0 Å². The molecule has 0 spiro atoms. The van der Waals surface area contributed by atoms with Crippen LogP contribution in [0.15, 0.2) is 24.3 Å². The number of Topliss-reactive ketones (excluding diaryl/α,β-unsaturated/α-hetero) is 1. The summed E-state index contributed by atoms with van der Waals surface area (Å²) in [6.07, 6.45) is 2.10. The summed E-state index contributed by atoms with van der Waals surface area (Å²) in [6, 6.07) is 7.07. The number of carbonyl (C=O) groups excluding carboxylic acids is 1. The van der Waals surface area contributed by atoms with Crippen LogP contribution in [0.5, 0.6) is 0 Å². The number of rotatable bonds is 8. The van der Waals surface area contributed by atoms with Crippen LogP contribution in [0, 0.1) is 0 Å². The van der Waals surface area contributed by atoms with Crippen molar-refractivity contribution in [2.24, 2.45) is 0 Å². The Hall–Kier alpha value is -0.900. The monoisotopic (exact) mass is 269 g/mol. The third-order valence-corrected chi connectivity index (χ3v) is 3.12. The van der Waals surface area contributed by atoms with Gasteiger partial charge >= 0.3 is 0 Å². The molecule has 0 saturated carbocycles. The zero-order valence-electron chi connectivity index (χ0n) is 10.7. The Labute approximate surface area is 113 Å². The average Bonchev–Trinajstić information content (AvgIpc) is 2.36. The molecule has 1 aromatic rings. The van der Waals surface area contributed by atoms with Crippen LogP contribution in [0.1, 0.15) is 30.1 Å². The SMILES string of the molecule is CCCCN(CCO)CC(=O)c1ccccc1Cl. The first-order valence-electron chi connectivity index (χ1n) is 6.30. The highest BCUT2D eigenvalue weighted by atomic mass is 35.5. The highest BCUT2D eigenvalue weighted by Gasteiger charge is 2.14. The fourth-order valence-corrected chi connectivity index (χ4v) is 2.01. The lowest BCUT2D eigenvalue weighted by Crippen LogP contribution is -2.33. The van der Waals surface area contributed by atoms with E-state index in [4.69, 9.17) is 16.7 Å². The van der Waals surface area contributed by atoms with Crippen LogP contribution in [-0.4, -0.2) is 42.0 Å². The standard InChI is InChI=1S/C14H20ClNO2/c1-2-3-8-16(9-10-17)11-14(18)12-6-4-5-7-13(12)15/h4-7,17H,2-3,8-11H2,1H3. The second-order valence-corrected chi connectivity index (χ2v) is 4.66. The maximum atomic E-state index is 12.1. The minimum atomic E-state index is 0.00477. The maximum absolute atomic E-state index is 12.1. The van der Waals surface area contributed by atoms with Crippen molar-refractivity contribution in [2.45, 2.75) is 19.8 Å². The van der Waals surface area contributed by atoms with Crippen molar-refractivity contribution >= 4 is 17.4 Å². The quantitative estimate of drug-likeness (QED) is 0.738. The molecule has 1 N–H and O–H groups in total. The van der Waals surface area contributed by atoms with Gasteiger partial charge < -0.3 is 5.11 Å². The molecule has 100 valence electrons. The molecule has 0 aliphatic carbocycles. The number of nitrogens with zero attached hydrogens (tertiary/aromatic N) is 1. The molecule has 0 saturated heterocycles. The largest absolute Gasteiger partial charge is 0.395 e. The summed E-state index contributed by atoms with van der Waals surface area (Å²) in [5.41, 5.74) is 0.554. The predicted molar refractivity (Wildman–Crippen MR) is 74.2 cm³/mol. The Morgan fingerprint density at radius 3 is 2.67 bits per heavy atom. The molecule has 0 bridgehead atoms. The molecule has 0 radical (unpaired) electrons. The highest BCUT2D eigenvalue weighted by Crippen LogP contribution is 2.15. The van der Waals surface area contributed by atoms with Gasteiger partial charge in [0.15, 0.2) is 5.78 Å². The van der Waals surface area contributed by atoms with Gasteiger partial charge in [-0.1, -0.05) is 37.1 Å². The lowest BCUT2D eigenvalue weighted by Gasteiger charge is -2.20. The van der Waals surface area contributed by atoms with Crippen molar-refractivity contribution in [2.75, 3.05) is 26.2 Å². The first-order chi connectivity index (χ1) is 8.69. The smallest absolute Gasteiger partial charge is 0.178 e. The Balaban J connectivity index is 2.63. The molecular weight excluding hydrogens is 250 g/mol. The molecule has 0 aromatic heterocycles. The normalized spacial score (nSPS) is 10.9. The van der Waals surface area contributed by atoms with Crippen molar-refractivity contribution in [3.63, 3.8) is 0 Å². The van der Waals surface area contributed by atoms with Gasteiger partial charge in [-0.15, -0.1) is 0 Å². The molecule has 1 rings (SSSR count). The van der Waals surface area contributed by atoms with Crippen LogP contribution in [0.3, 0.4) is 0 Å². The van der Waals surface area contributed by atoms with Gasteiger partial charge in [0.05, 0.1) is 18.2 Å². The number of aliphatic hydroxyl groups excluding tert-OH is 1. The van der Waals surface area contributed by atoms with Crippen molar-refractivity contribution in [3.05, 3.63) is 34.9 Å². The maximum Gasteiger partial charge on any atom is 0.178 e. The van der Waals surface area contributed by atoms with Crippen LogP contribution in [0.4, 0.5) is 0 Å². The summed E-state index contributed by atoms with van der Waals surface area (Å²) in [4.78, 5) is 14.1. The van der Waals surface area contributed by atoms with Gasteiger partial charge in [-0.3, -0.25) is 9.69 Å². The number of benzene rings is 1. The second-order valence-electron chi connectivity index (χ2n) is 4.26. The van der Waals surface area contributed by atoms with E-state index < -0.39 is 0 Å². The summed E-state index contributed by atoms with van der Waals surface area (Å²) in [5, 5.41) is 9.48. The molecule has 0 amide bonds. The van der Waals surface area contributed by atoms with E-state index in [9.17, 15) is 4.79 Å². The Morgan fingerprint density at radius 1 is 1.33 bits per heavy atom. The van der Waals surface area contributed by atoms with Gasteiger partial charge in [0, 0.05) is 12.1 Å². The van der Waals surface area contributed by atoms with Crippen molar-refractivity contribution in [3.8, 4) is 0 Å². The van der Waals surface area contributed by atoms with E-state index in [0.29, 0.717) is 23.7 Å². The Bertz CT molecular complexity index is 382. The lowest BCUT2D eigenvalue weighted by molar-refractivity contribution is 0.0913. The molecule has 0 atom stereocenters. The molecule has 1 aromatic carbocycles. The molecule has 4 heteroatoms. The van der Waals surface area contributed by atoms with Crippen LogP contribution < -0.4 is 0 Å². The topological polar surface area (TPSA) is 40.5 Å². The Morgan fingerprint density at radius 2 is 2.06 bits per heavy atom. The average molecular weight is 270 g/mol. The summed E-state index contributed by atoms with van der Waals surface area (Å²) < 4.78 is 0. The van der Waals surface area contributed by atoms with Crippen molar-refractivity contribution in [1.29, 1.82) is 0 Å². The van der Waals surface area contributed by atoms with E-state index in [-0.39, 0.29) is 12.4 Å². The number of hydrogen-bond acceptors (Lipinski definition) is 3. The first-order valence-corrected chi connectivity index (χ1v) is 6.67. The van der Waals surface area contributed by atoms with Crippen molar-refractivity contribution < 1.29 is 9.90 Å². The van der Waals surface area contributed by atoms with Crippen LogP contribution in [0.25, 0.3) is 0 Å². The molecule has 0 heterocycles. The number of aliphatic hydroxyl groups is 1. The van der Waals surface area contributed by atoms with E-state index in [2.05, 4.69) is 6.92 Å². The van der Waals surface area contributed by atoms with Gasteiger partial charge in [-0.25, -0.2) is 0 Å². The summed E-state index contributed by atoms with van der Waals surface area (Å²) in [5.74, 6) is 0.00477. The molecule has 0 aliphatic heterocycles. The van der Waals surface area contributed by atoms with Gasteiger partial charge in [0.25, 0.3) is 0 Å². The second kappa shape index (κ2) is 8.25. The van der Waals surface area contributed by atoms with Gasteiger partial charge in [0.1, 0.15) is 0 Å². The fourth-order valence-electron chi connectivity index (χ4n) is 1.77. The lowest BCUT2D eigenvalue weighted by atomic mass is 10.1. The van der Waals surface area contributed by atoms with E-state index in [0.717, 1.165) is 19.4 Å². The number of unbranched alkanes of at least 4 members (excludes halogenated alkanes) is 1. The van der Waals surface area contributed by atoms with Gasteiger partial charge in [-0.2, -0.15) is 0 Å². The fraction of sp³-hybridized carbons (Fsp3) is 0.500. The minimum Gasteiger partial charge on any atom is -0.395 e. The van der Waals surface area contributed by atoms with Gasteiger partial charge in [-0.05, 0) is 25.1 Å². The van der Waals surface area contributed by atoms with E-state index >= 15 is 0 Å². The summed E-state index contributed by atoms with van der Waals surface area (Å²) in [7, 11) is 0. The van der Waals surface area contributed by atoms with Crippen LogP contribution in [-0.2, 0) is 0 Å². The van der Waals surface area contributed by atoms with Crippen LogP contribution >= 0.6 is 11.6 Å². The van der Waals surface area contributed by atoms with Gasteiger partial charge in [0.2, 0.25) is 0 Å². The number of carbonyl (C=O) groups is 1. The molecule has 0 aliphatic rings. The van der Waals surface area contributed by atoms with Crippen LogP contribution in [0.2, 0.25) is 5.02 Å². The zero-order chi connectivity index (χ0) is 13.4. The molecule has 3 nitrogen and oxygen atoms in total. The molecule has 0 fully saturated rings. The van der Waals surface area contributed by atoms with E-state index in [1.165, 1.54) is 0 Å².